The molecule has 150 valence electrons. The second-order valence-electron chi connectivity index (χ2n) is 6.84. The molecule has 3 N–H and O–H groups in total. The van der Waals surface area contributed by atoms with Crippen molar-refractivity contribution in [3.8, 4) is 0 Å². The number of carbonyl (C=O) groups excluding carboxylic acids is 2. The number of hydrogen-bond acceptors (Lipinski definition) is 3. The number of benzene rings is 2. The van der Waals surface area contributed by atoms with Crippen LogP contribution in [0.25, 0.3) is 0 Å². The molecule has 0 saturated carbocycles. The predicted octanol–water partition coefficient (Wildman–Crippen LogP) is 2.46. The minimum Gasteiger partial charge on any atom is -0.356 e. The van der Waals surface area contributed by atoms with Crippen LogP contribution in [0.2, 0.25) is 0 Å². The summed E-state index contributed by atoms with van der Waals surface area (Å²) in [6, 6.07) is 19.5. The molecule has 0 heterocycles. The Hall–Kier alpha value is -2.66. The standard InChI is InChI=1S/C23H31N3O2/c27-22(18-20-10-3-1-4-11-20)25-16-8-7-14-24-15-9-17-26-23(28)19-21-12-5-2-6-13-21/h1-6,10-13,24H,7-9,14-19H2,(H,25,27)(H,26,28). The molecule has 2 aromatic rings. The Balaban J connectivity index is 1.37. The van der Waals surface area contributed by atoms with Gasteiger partial charge in [-0.3, -0.25) is 9.59 Å². The molecule has 2 amide bonds. The van der Waals surface area contributed by atoms with Gasteiger partial charge >= 0.3 is 0 Å². The van der Waals surface area contributed by atoms with Gasteiger partial charge in [-0.1, -0.05) is 60.7 Å². The van der Waals surface area contributed by atoms with Crippen molar-refractivity contribution in [3.05, 3.63) is 71.8 Å². The fourth-order valence-corrected chi connectivity index (χ4v) is 2.86. The number of nitrogens with one attached hydrogen (secondary N) is 3. The van der Waals surface area contributed by atoms with Crippen LogP contribution in [-0.2, 0) is 22.4 Å². The molecule has 0 saturated heterocycles. The molecule has 0 fully saturated rings. The maximum Gasteiger partial charge on any atom is 0.224 e. The van der Waals surface area contributed by atoms with Crippen molar-refractivity contribution < 1.29 is 9.59 Å². The Morgan fingerprint density at radius 1 is 0.571 bits per heavy atom. The van der Waals surface area contributed by atoms with Crippen molar-refractivity contribution in [2.45, 2.75) is 32.1 Å². The largest absolute Gasteiger partial charge is 0.356 e. The molecule has 0 aliphatic heterocycles. The Bertz CT molecular complexity index is 628. The van der Waals surface area contributed by atoms with Gasteiger partial charge in [-0.2, -0.15) is 0 Å². The smallest absolute Gasteiger partial charge is 0.224 e. The summed E-state index contributed by atoms with van der Waals surface area (Å²) in [6.45, 7) is 3.20. The maximum atomic E-state index is 11.8. The topological polar surface area (TPSA) is 70.2 Å². The van der Waals surface area contributed by atoms with Crippen LogP contribution in [0.3, 0.4) is 0 Å². The Morgan fingerprint density at radius 3 is 1.54 bits per heavy atom. The molecule has 0 aromatic heterocycles. The van der Waals surface area contributed by atoms with Crippen molar-refractivity contribution in [1.29, 1.82) is 0 Å². The van der Waals surface area contributed by atoms with E-state index in [1.54, 1.807) is 0 Å². The van der Waals surface area contributed by atoms with E-state index in [2.05, 4.69) is 16.0 Å². The maximum absolute atomic E-state index is 11.8. The molecular formula is C23H31N3O2. The molecule has 28 heavy (non-hydrogen) atoms. The fraction of sp³-hybridized carbons (Fsp3) is 0.391. The van der Waals surface area contributed by atoms with Crippen molar-refractivity contribution in [2.75, 3.05) is 26.2 Å². The quantitative estimate of drug-likeness (QED) is 0.467. The highest BCUT2D eigenvalue weighted by Crippen LogP contribution is 2.00. The summed E-state index contributed by atoms with van der Waals surface area (Å²) in [5.74, 6) is 0.142. The summed E-state index contributed by atoms with van der Waals surface area (Å²) in [4.78, 5) is 23.7. The third-order valence-corrected chi connectivity index (χ3v) is 4.37. The zero-order chi connectivity index (χ0) is 19.9. The highest BCUT2D eigenvalue weighted by atomic mass is 16.2. The van der Waals surface area contributed by atoms with Gasteiger partial charge < -0.3 is 16.0 Å². The number of carbonyl (C=O) groups is 2. The van der Waals surface area contributed by atoms with Crippen LogP contribution in [0, 0.1) is 0 Å². The summed E-state index contributed by atoms with van der Waals surface area (Å²) >= 11 is 0. The van der Waals surface area contributed by atoms with Crippen LogP contribution in [0.5, 0.6) is 0 Å². The lowest BCUT2D eigenvalue weighted by Gasteiger charge is -2.08. The van der Waals surface area contributed by atoms with E-state index in [1.807, 2.05) is 60.7 Å². The first-order chi connectivity index (χ1) is 13.7. The minimum atomic E-state index is 0.0671. The first-order valence-corrected chi connectivity index (χ1v) is 10.1. The average molecular weight is 382 g/mol. The van der Waals surface area contributed by atoms with Crippen LogP contribution in [0.15, 0.2) is 60.7 Å². The lowest BCUT2D eigenvalue weighted by atomic mass is 10.1. The molecule has 0 radical (unpaired) electrons. The van der Waals surface area contributed by atoms with Gasteiger partial charge in [0.15, 0.2) is 0 Å². The van der Waals surface area contributed by atoms with Crippen LogP contribution in [0.1, 0.15) is 30.4 Å². The highest BCUT2D eigenvalue weighted by Gasteiger charge is 2.03. The van der Waals surface area contributed by atoms with E-state index < -0.39 is 0 Å². The van der Waals surface area contributed by atoms with Crippen LogP contribution < -0.4 is 16.0 Å². The zero-order valence-corrected chi connectivity index (χ0v) is 16.5. The van der Waals surface area contributed by atoms with E-state index in [1.165, 1.54) is 0 Å². The summed E-state index contributed by atoms with van der Waals surface area (Å²) in [5, 5.41) is 9.28. The molecule has 2 aromatic carbocycles. The van der Waals surface area contributed by atoms with E-state index in [0.717, 1.165) is 43.5 Å². The van der Waals surface area contributed by atoms with Crippen molar-refractivity contribution in [1.82, 2.24) is 16.0 Å². The summed E-state index contributed by atoms with van der Waals surface area (Å²) in [6.07, 6.45) is 3.76. The molecule has 0 unspecified atom stereocenters. The molecule has 0 aliphatic rings. The van der Waals surface area contributed by atoms with Gasteiger partial charge in [-0.15, -0.1) is 0 Å². The number of amides is 2. The molecule has 0 bridgehead atoms. The lowest BCUT2D eigenvalue weighted by Crippen LogP contribution is -2.29. The van der Waals surface area contributed by atoms with Gasteiger partial charge in [0.2, 0.25) is 11.8 Å². The molecule has 5 nitrogen and oxygen atoms in total. The molecule has 0 spiro atoms. The second-order valence-corrected chi connectivity index (χ2v) is 6.84. The molecule has 0 atom stereocenters. The van der Waals surface area contributed by atoms with Gasteiger partial charge in [0.1, 0.15) is 0 Å². The number of hydrogen-bond donors (Lipinski definition) is 3. The van der Waals surface area contributed by atoms with E-state index >= 15 is 0 Å². The number of rotatable bonds is 13. The van der Waals surface area contributed by atoms with Gasteiger partial charge in [-0.05, 0) is 43.5 Å². The van der Waals surface area contributed by atoms with Gasteiger partial charge in [0.25, 0.3) is 0 Å². The van der Waals surface area contributed by atoms with E-state index in [4.69, 9.17) is 0 Å². The first kappa shape index (κ1) is 21.6. The summed E-state index contributed by atoms with van der Waals surface area (Å²) in [5.41, 5.74) is 2.08. The zero-order valence-electron chi connectivity index (χ0n) is 16.5. The van der Waals surface area contributed by atoms with Crippen LogP contribution in [-0.4, -0.2) is 38.0 Å². The van der Waals surface area contributed by atoms with Gasteiger partial charge in [-0.25, -0.2) is 0 Å². The third kappa shape index (κ3) is 9.88. The van der Waals surface area contributed by atoms with Crippen LogP contribution in [0.4, 0.5) is 0 Å². The highest BCUT2D eigenvalue weighted by molar-refractivity contribution is 5.78. The second kappa shape index (κ2) is 13.5. The Labute approximate surface area is 167 Å². The average Bonchev–Trinajstić information content (AvgIpc) is 2.71. The normalized spacial score (nSPS) is 10.4. The number of unbranched alkanes of at least 4 members (excludes halogenated alkanes) is 1. The molecule has 2 rings (SSSR count). The Morgan fingerprint density at radius 2 is 1.00 bits per heavy atom. The van der Waals surface area contributed by atoms with E-state index in [-0.39, 0.29) is 11.8 Å². The third-order valence-electron chi connectivity index (χ3n) is 4.37. The Kier molecular flexibility index (Phi) is 10.4. The van der Waals surface area contributed by atoms with Crippen molar-refractivity contribution in [3.63, 3.8) is 0 Å². The molecular weight excluding hydrogens is 350 g/mol. The van der Waals surface area contributed by atoms with Crippen LogP contribution >= 0.6 is 0 Å². The predicted molar refractivity (Wildman–Crippen MR) is 113 cm³/mol. The summed E-state index contributed by atoms with van der Waals surface area (Å²) < 4.78 is 0. The monoisotopic (exact) mass is 381 g/mol. The SMILES string of the molecule is O=C(Cc1ccccc1)NCCCCNCCCNC(=O)Cc1ccccc1. The van der Waals surface area contributed by atoms with E-state index in [9.17, 15) is 9.59 Å². The summed E-state index contributed by atoms with van der Waals surface area (Å²) in [7, 11) is 0. The van der Waals surface area contributed by atoms with Gasteiger partial charge in [0.05, 0.1) is 12.8 Å². The fourth-order valence-electron chi connectivity index (χ4n) is 2.86. The lowest BCUT2D eigenvalue weighted by molar-refractivity contribution is -0.121. The first-order valence-electron chi connectivity index (χ1n) is 10.1. The van der Waals surface area contributed by atoms with Crippen molar-refractivity contribution >= 4 is 11.8 Å². The molecule has 5 heteroatoms. The molecule has 0 aliphatic carbocycles. The van der Waals surface area contributed by atoms with Gasteiger partial charge in [0, 0.05) is 13.1 Å². The van der Waals surface area contributed by atoms with E-state index in [0.29, 0.717) is 25.9 Å². The minimum absolute atomic E-state index is 0.0671. The van der Waals surface area contributed by atoms with Crippen molar-refractivity contribution in [2.24, 2.45) is 0 Å².